The van der Waals surface area contributed by atoms with Crippen LogP contribution in [0.1, 0.15) is 114 Å². The van der Waals surface area contributed by atoms with Crippen LogP contribution in [0.15, 0.2) is 42.9 Å². The lowest BCUT2D eigenvalue weighted by atomic mass is 9.99. The Balaban J connectivity index is 0.00000106. The third-order valence-electron chi connectivity index (χ3n) is 7.81. The number of hydrogen-bond donors (Lipinski definition) is 0. The summed E-state index contributed by atoms with van der Waals surface area (Å²) in [4.78, 5) is 27.5. The minimum Gasteiger partial charge on any atom is -0.373 e. The van der Waals surface area contributed by atoms with E-state index in [2.05, 4.69) is 47.0 Å². The molecule has 2 aliphatic rings. The molecule has 1 aliphatic heterocycles. The van der Waals surface area contributed by atoms with Crippen LogP contribution >= 0.6 is 0 Å². The topological polar surface area (TPSA) is 80.0 Å². The second-order valence-electron chi connectivity index (χ2n) is 10.4. The Bertz CT molecular complexity index is 1320. The second kappa shape index (κ2) is 13.2. The summed E-state index contributed by atoms with van der Waals surface area (Å²) in [6.45, 7) is 21.7. The number of hydrogen-bond acceptors (Lipinski definition) is 6. The van der Waals surface area contributed by atoms with Gasteiger partial charge in [-0.1, -0.05) is 61.1 Å². The molecule has 3 aromatic rings. The largest absolute Gasteiger partial charge is 0.373 e. The molecule has 8 nitrogen and oxygen atoms in total. The number of aromatic nitrogens is 5. The normalized spacial score (nSPS) is 14.7. The molecule has 1 saturated carbocycles. The SMILES string of the molecule is C=C(C)N(C)Cc1nc(C2(C)CC2)cc2c1CN(c1cccc(-c3nncn3C(CC)CC)n1)C2=O.CC.CC. The van der Waals surface area contributed by atoms with Crippen LogP contribution in [0.2, 0.25) is 0 Å². The van der Waals surface area contributed by atoms with Gasteiger partial charge in [0.2, 0.25) is 0 Å². The summed E-state index contributed by atoms with van der Waals surface area (Å²) in [7, 11) is 2.01. The number of allylic oxidation sites excluding steroid dienone is 1. The fraction of sp³-hybridized carbons (Fsp3) is 0.531. The highest BCUT2D eigenvalue weighted by Gasteiger charge is 2.43. The third-order valence-corrected chi connectivity index (χ3v) is 7.81. The Kier molecular flexibility index (Phi) is 10.2. The molecular weight excluding hydrogens is 498 g/mol. The quantitative estimate of drug-likeness (QED) is 0.280. The van der Waals surface area contributed by atoms with Crippen LogP contribution in [-0.4, -0.2) is 42.6 Å². The van der Waals surface area contributed by atoms with E-state index in [0.29, 0.717) is 30.6 Å². The van der Waals surface area contributed by atoms with E-state index in [4.69, 9.17) is 9.97 Å². The van der Waals surface area contributed by atoms with Crippen LogP contribution < -0.4 is 4.90 Å². The minimum absolute atomic E-state index is 0.0248. The maximum Gasteiger partial charge on any atom is 0.260 e. The summed E-state index contributed by atoms with van der Waals surface area (Å²) in [5.74, 6) is 1.32. The maximum absolute atomic E-state index is 13.7. The van der Waals surface area contributed by atoms with E-state index in [1.54, 1.807) is 11.2 Å². The Morgan fingerprint density at radius 3 is 2.40 bits per heavy atom. The first kappa shape index (κ1) is 31.0. The molecule has 0 saturated heterocycles. The number of rotatable bonds is 9. The Morgan fingerprint density at radius 1 is 1.12 bits per heavy atom. The maximum atomic E-state index is 13.7. The molecular formula is C32H47N7O. The molecule has 3 aromatic heterocycles. The molecule has 1 aliphatic carbocycles. The van der Waals surface area contributed by atoms with E-state index in [9.17, 15) is 4.79 Å². The molecule has 40 heavy (non-hydrogen) atoms. The van der Waals surface area contributed by atoms with Gasteiger partial charge in [-0.2, -0.15) is 0 Å². The molecule has 0 bridgehead atoms. The van der Waals surface area contributed by atoms with Gasteiger partial charge in [-0.3, -0.25) is 14.7 Å². The van der Waals surface area contributed by atoms with Crippen molar-refractivity contribution >= 4 is 11.7 Å². The van der Waals surface area contributed by atoms with E-state index >= 15 is 0 Å². The first-order valence-corrected chi connectivity index (χ1v) is 14.8. The van der Waals surface area contributed by atoms with Crippen LogP contribution in [0.4, 0.5) is 5.82 Å². The van der Waals surface area contributed by atoms with Gasteiger partial charge in [0, 0.05) is 41.0 Å². The third kappa shape index (κ3) is 6.11. The van der Waals surface area contributed by atoms with Crippen molar-refractivity contribution in [1.29, 1.82) is 0 Å². The lowest BCUT2D eigenvalue weighted by molar-refractivity contribution is 0.0995. The standard InChI is InChI=1S/C28H35N7O.2C2H6/c1-7-19(8-2)35-17-29-32-26(35)22-10-9-11-25(31-22)34-15-21-20(27(34)36)14-24(28(5)12-13-28)30-23(21)16-33(6)18(3)4;2*1-2/h9-11,14,17,19H,3,7-8,12-13,15-16H2,1-2,4-6H3;2*1-2H3. The van der Waals surface area contributed by atoms with Crippen LogP contribution in [0, 0.1) is 0 Å². The fourth-order valence-corrected chi connectivity index (χ4v) is 4.87. The highest BCUT2D eigenvalue weighted by atomic mass is 16.2. The second-order valence-corrected chi connectivity index (χ2v) is 10.4. The predicted octanol–water partition coefficient (Wildman–Crippen LogP) is 7.33. The lowest BCUT2D eigenvalue weighted by Crippen LogP contribution is -2.24. The summed E-state index contributed by atoms with van der Waals surface area (Å²) < 4.78 is 2.09. The van der Waals surface area contributed by atoms with Crippen molar-refractivity contribution in [2.24, 2.45) is 0 Å². The highest BCUT2D eigenvalue weighted by molar-refractivity contribution is 6.09. The molecule has 0 N–H and O–H groups in total. The molecule has 216 valence electrons. The predicted molar refractivity (Wildman–Crippen MR) is 163 cm³/mol. The summed E-state index contributed by atoms with van der Waals surface area (Å²) >= 11 is 0. The highest BCUT2D eigenvalue weighted by Crippen LogP contribution is 2.48. The van der Waals surface area contributed by atoms with Crippen molar-refractivity contribution in [3.63, 3.8) is 0 Å². The Hall–Kier alpha value is -3.55. The van der Waals surface area contributed by atoms with E-state index in [-0.39, 0.29) is 11.3 Å². The van der Waals surface area contributed by atoms with E-state index in [0.717, 1.165) is 59.7 Å². The summed E-state index contributed by atoms with van der Waals surface area (Å²) in [5, 5.41) is 8.52. The van der Waals surface area contributed by atoms with Gasteiger partial charge in [0.25, 0.3) is 5.91 Å². The smallest absolute Gasteiger partial charge is 0.260 e. The minimum atomic E-state index is -0.0248. The zero-order chi connectivity index (χ0) is 29.6. The monoisotopic (exact) mass is 545 g/mol. The van der Waals surface area contributed by atoms with Crippen molar-refractivity contribution in [3.05, 3.63) is 65.4 Å². The van der Waals surface area contributed by atoms with E-state index in [1.165, 1.54) is 0 Å². The van der Waals surface area contributed by atoms with Gasteiger partial charge in [0.05, 0.1) is 18.8 Å². The van der Waals surface area contributed by atoms with Gasteiger partial charge >= 0.3 is 0 Å². The zero-order valence-corrected chi connectivity index (χ0v) is 26.0. The van der Waals surface area contributed by atoms with E-state index < -0.39 is 0 Å². The zero-order valence-electron chi connectivity index (χ0n) is 26.0. The average molecular weight is 546 g/mol. The number of amides is 1. The number of pyridine rings is 2. The van der Waals surface area contributed by atoms with Crippen LogP contribution in [0.5, 0.6) is 0 Å². The molecule has 8 heteroatoms. The molecule has 0 atom stereocenters. The number of nitrogens with zero attached hydrogens (tertiary/aromatic N) is 7. The number of fused-ring (bicyclic) bond motifs is 1. The molecule has 1 amide bonds. The lowest BCUT2D eigenvalue weighted by Gasteiger charge is -2.21. The number of carbonyl (C=O) groups excluding carboxylic acids is 1. The van der Waals surface area contributed by atoms with Crippen LogP contribution in [0.25, 0.3) is 11.5 Å². The van der Waals surface area contributed by atoms with Crippen molar-refractivity contribution in [1.82, 2.24) is 29.6 Å². The average Bonchev–Trinajstić information content (AvgIpc) is 3.39. The molecule has 0 radical (unpaired) electrons. The Morgan fingerprint density at radius 2 is 1.80 bits per heavy atom. The van der Waals surface area contributed by atoms with Gasteiger partial charge in [0.1, 0.15) is 17.8 Å². The summed E-state index contributed by atoms with van der Waals surface area (Å²) in [5.41, 5.74) is 5.43. The molecule has 0 aromatic carbocycles. The van der Waals surface area contributed by atoms with Gasteiger partial charge in [-0.25, -0.2) is 4.98 Å². The van der Waals surface area contributed by atoms with Gasteiger partial charge in [-0.15, -0.1) is 10.2 Å². The number of anilines is 1. The molecule has 0 unspecified atom stereocenters. The van der Waals surface area contributed by atoms with Gasteiger partial charge in [0.15, 0.2) is 5.82 Å². The van der Waals surface area contributed by atoms with Crippen molar-refractivity contribution in [2.45, 2.75) is 106 Å². The number of carbonyl (C=O) groups is 1. The molecule has 5 rings (SSSR count). The Labute approximate surface area is 240 Å². The van der Waals surface area contributed by atoms with Crippen LogP contribution in [0.3, 0.4) is 0 Å². The molecule has 4 heterocycles. The van der Waals surface area contributed by atoms with E-state index in [1.807, 2.05) is 65.9 Å². The van der Waals surface area contributed by atoms with Gasteiger partial charge in [-0.05, 0) is 50.8 Å². The van der Waals surface area contributed by atoms with Crippen LogP contribution in [-0.2, 0) is 18.5 Å². The van der Waals surface area contributed by atoms with Crippen molar-refractivity contribution in [2.75, 3.05) is 11.9 Å². The van der Waals surface area contributed by atoms with Crippen molar-refractivity contribution < 1.29 is 4.79 Å². The van der Waals surface area contributed by atoms with Crippen molar-refractivity contribution in [3.8, 4) is 11.5 Å². The molecule has 1 fully saturated rings. The first-order chi connectivity index (χ1) is 19.3. The molecule has 0 spiro atoms. The summed E-state index contributed by atoms with van der Waals surface area (Å²) in [6, 6.07) is 8.08. The summed E-state index contributed by atoms with van der Waals surface area (Å²) in [6.07, 6.45) is 5.95. The first-order valence-electron chi connectivity index (χ1n) is 14.8. The fourth-order valence-electron chi connectivity index (χ4n) is 4.87. The van der Waals surface area contributed by atoms with Gasteiger partial charge < -0.3 is 9.47 Å².